The second-order valence-corrected chi connectivity index (χ2v) is 5.85. The Morgan fingerprint density at radius 2 is 1.44 bits per heavy atom. The second kappa shape index (κ2) is 13.2. The minimum atomic E-state index is 0.523. The molecule has 0 unspecified atom stereocenters. The summed E-state index contributed by atoms with van der Waals surface area (Å²) in [6.07, 6.45) is 4.33. The molecule has 0 aliphatic carbocycles. The average Bonchev–Trinajstić information content (AvgIpc) is 3.01. The molecule has 2 rings (SSSR count). The first kappa shape index (κ1) is 20.3. The summed E-state index contributed by atoms with van der Waals surface area (Å²) in [7, 11) is 0. The molecule has 0 aromatic carbocycles. The van der Waals surface area contributed by atoms with E-state index < -0.39 is 0 Å². The van der Waals surface area contributed by atoms with Gasteiger partial charge >= 0.3 is 0 Å². The molecular formula is C17H32N3O5+. The van der Waals surface area contributed by atoms with E-state index in [-0.39, 0.29) is 0 Å². The summed E-state index contributed by atoms with van der Waals surface area (Å²) in [6, 6.07) is 0. The molecule has 144 valence electrons. The van der Waals surface area contributed by atoms with E-state index in [1.54, 1.807) is 0 Å². The molecule has 0 saturated heterocycles. The molecular weight excluding hydrogens is 326 g/mol. The minimum absolute atomic E-state index is 0.523. The number of rotatable bonds is 3. The van der Waals surface area contributed by atoms with Crippen molar-refractivity contribution in [3.8, 4) is 0 Å². The maximum Gasteiger partial charge on any atom is 0.193 e. The lowest BCUT2D eigenvalue weighted by Gasteiger charge is -2.08. The number of hydrogen-bond acceptors (Lipinski definition) is 6. The van der Waals surface area contributed by atoms with Gasteiger partial charge in [0, 0.05) is 0 Å². The zero-order chi connectivity index (χ0) is 17.6. The summed E-state index contributed by atoms with van der Waals surface area (Å²) in [5.41, 5.74) is 1.06. The summed E-state index contributed by atoms with van der Waals surface area (Å²) >= 11 is 0. The third kappa shape index (κ3) is 8.73. The molecule has 1 aliphatic rings. The minimum Gasteiger partial charge on any atom is -0.377 e. The highest BCUT2D eigenvalue weighted by atomic mass is 16.6. The molecule has 25 heavy (non-hydrogen) atoms. The number of hydrogen-bond donors (Lipinski definition) is 0. The Kier molecular flexibility index (Phi) is 10.7. The molecule has 1 aromatic heterocycles. The zero-order valence-corrected chi connectivity index (χ0v) is 15.4. The first-order valence-electron chi connectivity index (χ1n) is 9.25. The van der Waals surface area contributed by atoms with E-state index >= 15 is 0 Å². The quantitative estimate of drug-likeness (QED) is 0.736. The maximum absolute atomic E-state index is 5.72. The highest BCUT2D eigenvalue weighted by molar-refractivity contribution is 4.88. The van der Waals surface area contributed by atoms with E-state index in [0.717, 1.165) is 25.1 Å². The van der Waals surface area contributed by atoms with Crippen LogP contribution in [0.3, 0.4) is 0 Å². The van der Waals surface area contributed by atoms with Crippen LogP contribution in [0.1, 0.15) is 25.5 Å². The van der Waals surface area contributed by atoms with E-state index in [0.29, 0.717) is 72.6 Å². The van der Waals surface area contributed by atoms with Crippen molar-refractivity contribution in [3.05, 3.63) is 11.9 Å². The Balaban J connectivity index is 1.85. The molecule has 0 spiro atoms. The van der Waals surface area contributed by atoms with Crippen molar-refractivity contribution in [2.75, 3.05) is 59.5 Å². The van der Waals surface area contributed by atoms with Crippen LogP contribution in [0.15, 0.2) is 6.20 Å². The van der Waals surface area contributed by atoms with Crippen molar-refractivity contribution in [2.45, 2.75) is 39.5 Å². The van der Waals surface area contributed by atoms with Gasteiger partial charge in [-0.05, 0) is 6.42 Å². The highest BCUT2D eigenvalue weighted by Crippen LogP contribution is 2.00. The SMILES string of the molecule is CCCC[n+]1cc2n(n1)CCOCCOCCOCCOCCOC2. The van der Waals surface area contributed by atoms with Gasteiger partial charge in [-0.15, -0.1) is 9.36 Å². The number of ether oxygens (including phenoxy) is 5. The second-order valence-electron chi connectivity index (χ2n) is 5.85. The summed E-state index contributed by atoms with van der Waals surface area (Å²) in [5, 5.41) is 4.61. The van der Waals surface area contributed by atoms with Crippen LogP contribution >= 0.6 is 0 Å². The Morgan fingerprint density at radius 3 is 2.04 bits per heavy atom. The van der Waals surface area contributed by atoms with Crippen LogP contribution in [0.25, 0.3) is 0 Å². The van der Waals surface area contributed by atoms with Gasteiger partial charge in [0.1, 0.15) is 19.7 Å². The Morgan fingerprint density at radius 1 is 0.880 bits per heavy atom. The number of aryl methyl sites for hydroxylation is 1. The number of aromatic nitrogens is 3. The average molecular weight is 358 g/mol. The van der Waals surface area contributed by atoms with E-state index in [2.05, 4.69) is 18.3 Å². The lowest BCUT2D eigenvalue weighted by Crippen LogP contribution is -2.36. The number of nitrogens with zero attached hydrogens (tertiary/aromatic N) is 3. The van der Waals surface area contributed by atoms with Gasteiger partial charge in [0.25, 0.3) is 0 Å². The molecule has 0 N–H and O–H groups in total. The fourth-order valence-electron chi connectivity index (χ4n) is 2.40. The Labute approximate surface area is 149 Å². The lowest BCUT2D eigenvalue weighted by molar-refractivity contribution is -0.755. The van der Waals surface area contributed by atoms with E-state index in [4.69, 9.17) is 23.7 Å². The molecule has 0 saturated carbocycles. The summed E-state index contributed by atoms with van der Waals surface area (Å²) in [4.78, 5) is 0. The predicted octanol–water partition coefficient (Wildman–Crippen LogP) is 0.567. The highest BCUT2D eigenvalue weighted by Gasteiger charge is 2.15. The van der Waals surface area contributed by atoms with Gasteiger partial charge in [-0.2, -0.15) is 0 Å². The smallest absolute Gasteiger partial charge is 0.193 e. The van der Waals surface area contributed by atoms with Gasteiger partial charge in [0.2, 0.25) is 0 Å². The van der Waals surface area contributed by atoms with Crippen LogP contribution < -0.4 is 4.68 Å². The van der Waals surface area contributed by atoms with Crippen LogP contribution in [0.2, 0.25) is 0 Å². The lowest BCUT2D eigenvalue weighted by atomic mass is 10.3. The Hall–Kier alpha value is -1.06. The first-order chi connectivity index (χ1) is 12.4. The molecule has 0 amide bonds. The van der Waals surface area contributed by atoms with E-state index in [1.807, 2.05) is 9.36 Å². The normalized spacial score (nSPS) is 19.7. The van der Waals surface area contributed by atoms with Crippen molar-refractivity contribution in [2.24, 2.45) is 0 Å². The molecule has 8 nitrogen and oxygen atoms in total. The van der Waals surface area contributed by atoms with Gasteiger partial charge < -0.3 is 23.7 Å². The fourth-order valence-corrected chi connectivity index (χ4v) is 2.40. The monoisotopic (exact) mass is 358 g/mol. The van der Waals surface area contributed by atoms with Crippen LogP contribution in [-0.4, -0.2) is 69.4 Å². The Bertz CT molecular complexity index is 420. The van der Waals surface area contributed by atoms with Crippen molar-refractivity contribution < 1.29 is 28.4 Å². The molecule has 0 radical (unpaired) electrons. The van der Waals surface area contributed by atoms with Crippen LogP contribution in [-0.2, 0) is 43.4 Å². The molecule has 1 aliphatic heterocycles. The topological polar surface area (TPSA) is 67.9 Å². The van der Waals surface area contributed by atoms with Crippen molar-refractivity contribution in [3.63, 3.8) is 0 Å². The van der Waals surface area contributed by atoms with Gasteiger partial charge in [0.05, 0.1) is 64.7 Å². The van der Waals surface area contributed by atoms with Gasteiger partial charge in [-0.3, -0.25) is 0 Å². The predicted molar refractivity (Wildman–Crippen MR) is 90.3 cm³/mol. The fraction of sp³-hybridized carbons (Fsp3) is 0.882. The molecule has 8 heteroatoms. The van der Waals surface area contributed by atoms with Crippen molar-refractivity contribution in [1.82, 2.24) is 9.90 Å². The summed E-state index contributed by atoms with van der Waals surface area (Å²) in [5.74, 6) is 0. The van der Waals surface area contributed by atoms with Gasteiger partial charge in [0.15, 0.2) is 11.9 Å². The third-order valence-electron chi connectivity index (χ3n) is 3.78. The van der Waals surface area contributed by atoms with Gasteiger partial charge in [-0.25, -0.2) is 0 Å². The largest absolute Gasteiger partial charge is 0.377 e. The molecule has 0 atom stereocenters. The van der Waals surface area contributed by atoms with Crippen LogP contribution in [0.4, 0.5) is 0 Å². The van der Waals surface area contributed by atoms with E-state index in [1.165, 1.54) is 0 Å². The zero-order valence-electron chi connectivity index (χ0n) is 15.4. The van der Waals surface area contributed by atoms with Crippen molar-refractivity contribution in [1.29, 1.82) is 0 Å². The molecule has 0 bridgehead atoms. The summed E-state index contributed by atoms with van der Waals surface area (Å²) in [6.45, 7) is 9.50. The van der Waals surface area contributed by atoms with Crippen LogP contribution in [0.5, 0.6) is 0 Å². The first-order valence-corrected chi connectivity index (χ1v) is 9.25. The standard InChI is InChI=1S/C17H32N3O5/c1-2-3-4-19-15-17-16-25-14-13-24-12-11-23-10-9-22-8-7-21-6-5-20(17)18-19/h15H,2-14,16H2,1H3/q+1. The van der Waals surface area contributed by atoms with Crippen LogP contribution in [0, 0.1) is 0 Å². The number of unbranched alkanes of at least 4 members (excludes halogenated alkanes) is 1. The number of fused-ring (bicyclic) bond motifs is 1. The molecule has 2 heterocycles. The van der Waals surface area contributed by atoms with E-state index in [9.17, 15) is 0 Å². The van der Waals surface area contributed by atoms with Gasteiger partial charge in [-0.1, -0.05) is 13.3 Å². The maximum atomic E-state index is 5.72. The molecule has 0 fully saturated rings. The van der Waals surface area contributed by atoms with Crippen molar-refractivity contribution >= 4 is 0 Å². The molecule has 1 aromatic rings. The third-order valence-corrected chi connectivity index (χ3v) is 3.78. The summed E-state index contributed by atoms with van der Waals surface area (Å²) < 4.78 is 31.7.